The van der Waals surface area contributed by atoms with Crippen LogP contribution in [0, 0.1) is 5.92 Å². The average Bonchev–Trinajstić information content (AvgIpc) is 3.20. The van der Waals surface area contributed by atoms with E-state index in [4.69, 9.17) is 0 Å². The van der Waals surface area contributed by atoms with Crippen molar-refractivity contribution in [3.63, 3.8) is 0 Å². The van der Waals surface area contributed by atoms with Crippen LogP contribution in [-0.4, -0.2) is 48.3 Å². The molecule has 3 amide bonds. The lowest BCUT2D eigenvalue weighted by molar-refractivity contribution is -0.138. The third kappa shape index (κ3) is 6.65. The van der Waals surface area contributed by atoms with Crippen molar-refractivity contribution >= 4 is 29.1 Å². The first-order valence-electron chi connectivity index (χ1n) is 9.91. The zero-order valence-electron chi connectivity index (χ0n) is 16.3. The first kappa shape index (κ1) is 21.4. The predicted molar refractivity (Wildman–Crippen MR) is 108 cm³/mol. The minimum absolute atomic E-state index is 0.0661. The SMILES string of the molecule is CCCCNC(=O)C1CCC(C)N(C(=O)CCCNC(=O)c2cccs2)C1. The van der Waals surface area contributed by atoms with E-state index in [9.17, 15) is 14.4 Å². The van der Waals surface area contributed by atoms with Crippen LogP contribution >= 0.6 is 11.3 Å². The number of thiophene rings is 1. The zero-order chi connectivity index (χ0) is 19.6. The van der Waals surface area contributed by atoms with Gasteiger partial charge in [-0.1, -0.05) is 19.4 Å². The number of nitrogens with one attached hydrogen (secondary N) is 2. The van der Waals surface area contributed by atoms with Gasteiger partial charge in [0.25, 0.3) is 5.91 Å². The van der Waals surface area contributed by atoms with Crippen molar-refractivity contribution in [2.75, 3.05) is 19.6 Å². The van der Waals surface area contributed by atoms with Gasteiger partial charge in [0.05, 0.1) is 10.8 Å². The highest BCUT2D eigenvalue weighted by Crippen LogP contribution is 2.23. The molecule has 0 radical (unpaired) electrons. The van der Waals surface area contributed by atoms with Crippen molar-refractivity contribution in [3.05, 3.63) is 22.4 Å². The van der Waals surface area contributed by atoms with Crippen LogP contribution in [0.5, 0.6) is 0 Å². The second-order valence-corrected chi connectivity index (χ2v) is 8.10. The summed E-state index contributed by atoms with van der Waals surface area (Å²) >= 11 is 1.40. The minimum atomic E-state index is -0.111. The van der Waals surface area contributed by atoms with E-state index in [1.54, 1.807) is 6.07 Å². The Morgan fingerprint density at radius 3 is 2.67 bits per heavy atom. The summed E-state index contributed by atoms with van der Waals surface area (Å²) in [6.45, 7) is 5.82. The van der Waals surface area contributed by atoms with Crippen molar-refractivity contribution in [3.8, 4) is 0 Å². The summed E-state index contributed by atoms with van der Waals surface area (Å²) in [4.78, 5) is 39.3. The molecule has 2 atom stereocenters. The quantitative estimate of drug-likeness (QED) is 0.633. The first-order valence-corrected chi connectivity index (χ1v) is 10.8. The number of rotatable bonds is 9. The zero-order valence-corrected chi connectivity index (χ0v) is 17.1. The van der Waals surface area contributed by atoms with E-state index in [-0.39, 0.29) is 29.7 Å². The summed E-state index contributed by atoms with van der Waals surface area (Å²) in [6.07, 6.45) is 4.71. The number of amides is 3. The monoisotopic (exact) mass is 393 g/mol. The molecular weight excluding hydrogens is 362 g/mol. The van der Waals surface area contributed by atoms with Crippen LogP contribution in [0.25, 0.3) is 0 Å². The molecule has 1 saturated heterocycles. The molecule has 2 heterocycles. The van der Waals surface area contributed by atoms with Crippen LogP contribution in [0.2, 0.25) is 0 Å². The molecule has 1 aliphatic rings. The molecule has 0 bridgehead atoms. The normalized spacial score (nSPS) is 19.6. The Morgan fingerprint density at radius 1 is 1.19 bits per heavy atom. The van der Waals surface area contributed by atoms with E-state index in [1.807, 2.05) is 23.3 Å². The third-order valence-corrected chi connectivity index (χ3v) is 5.87. The lowest BCUT2D eigenvalue weighted by atomic mass is 9.92. The van der Waals surface area contributed by atoms with E-state index in [1.165, 1.54) is 11.3 Å². The topological polar surface area (TPSA) is 78.5 Å². The fourth-order valence-electron chi connectivity index (χ4n) is 3.28. The summed E-state index contributed by atoms with van der Waals surface area (Å²) in [7, 11) is 0. The van der Waals surface area contributed by atoms with E-state index >= 15 is 0 Å². The van der Waals surface area contributed by atoms with Gasteiger partial charge in [-0.05, 0) is 44.1 Å². The maximum absolute atomic E-state index is 12.6. The van der Waals surface area contributed by atoms with Crippen molar-refractivity contribution in [1.29, 1.82) is 0 Å². The molecule has 0 spiro atoms. The van der Waals surface area contributed by atoms with Crippen molar-refractivity contribution in [1.82, 2.24) is 15.5 Å². The summed E-state index contributed by atoms with van der Waals surface area (Å²) < 4.78 is 0. The Kier molecular flexibility index (Phi) is 8.78. The summed E-state index contributed by atoms with van der Waals surface area (Å²) in [6, 6.07) is 3.79. The standard InChI is InChI=1S/C20H31N3O3S/c1-3-4-11-21-19(25)16-10-9-15(2)23(14-16)18(24)8-5-12-22-20(26)17-7-6-13-27-17/h6-7,13,15-16H,3-5,8-12,14H2,1-2H3,(H,21,25)(H,22,26). The molecule has 1 aromatic heterocycles. The number of hydrogen-bond acceptors (Lipinski definition) is 4. The van der Waals surface area contributed by atoms with Crippen LogP contribution < -0.4 is 10.6 Å². The average molecular weight is 394 g/mol. The maximum atomic E-state index is 12.6. The molecule has 2 rings (SSSR count). The molecule has 1 aliphatic heterocycles. The number of nitrogens with zero attached hydrogens (tertiary/aromatic N) is 1. The van der Waals surface area contributed by atoms with Gasteiger partial charge >= 0.3 is 0 Å². The number of hydrogen-bond donors (Lipinski definition) is 2. The third-order valence-electron chi connectivity index (χ3n) is 5.00. The lowest BCUT2D eigenvalue weighted by Gasteiger charge is -2.37. The summed E-state index contributed by atoms with van der Waals surface area (Å²) in [5.74, 6) is -0.0663. The fraction of sp³-hybridized carbons (Fsp3) is 0.650. The van der Waals surface area contributed by atoms with E-state index in [0.717, 1.165) is 25.7 Å². The molecule has 27 heavy (non-hydrogen) atoms. The lowest BCUT2D eigenvalue weighted by Crippen LogP contribution is -2.49. The molecule has 150 valence electrons. The highest BCUT2D eigenvalue weighted by atomic mass is 32.1. The molecule has 2 N–H and O–H groups in total. The van der Waals surface area contributed by atoms with Crippen molar-refractivity contribution in [2.45, 2.75) is 58.4 Å². The van der Waals surface area contributed by atoms with Crippen LogP contribution in [0.4, 0.5) is 0 Å². The van der Waals surface area contributed by atoms with Crippen LogP contribution in [-0.2, 0) is 9.59 Å². The number of unbranched alkanes of at least 4 members (excludes halogenated alkanes) is 1. The summed E-state index contributed by atoms with van der Waals surface area (Å²) in [5, 5.41) is 7.70. The minimum Gasteiger partial charge on any atom is -0.356 e. The maximum Gasteiger partial charge on any atom is 0.261 e. The van der Waals surface area contributed by atoms with Crippen molar-refractivity contribution in [2.24, 2.45) is 5.92 Å². The van der Waals surface area contributed by atoms with E-state index in [0.29, 0.717) is 37.4 Å². The Hall–Kier alpha value is -1.89. The molecule has 0 aromatic carbocycles. The highest BCUT2D eigenvalue weighted by molar-refractivity contribution is 7.12. The Labute approximate surface area is 165 Å². The smallest absolute Gasteiger partial charge is 0.261 e. The van der Waals surface area contributed by atoms with Crippen LogP contribution in [0.1, 0.15) is 62.0 Å². The second kappa shape index (κ2) is 11.1. The molecule has 6 nitrogen and oxygen atoms in total. The van der Waals surface area contributed by atoms with Gasteiger partial charge in [-0.15, -0.1) is 11.3 Å². The molecule has 0 saturated carbocycles. The number of carbonyl (C=O) groups excluding carboxylic acids is 3. The van der Waals surface area contributed by atoms with Gasteiger partial charge in [-0.25, -0.2) is 0 Å². The molecule has 1 fully saturated rings. The number of likely N-dealkylation sites (tertiary alicyclic amines) is 1. The van der Waals surface area contributed by atoms with E-state index < -0.39 is 0 Å². The van der Waals surface area contributed by atoms with Gasteiger partial charge in [0.15, 0.2) is 0 Å². The fourth-order valence-corrected chi connectivity index (χ4v) is 3.92. The molecule has 1 aromatic rings. The van der Waals surface area contributed by atoms with Crippen molar-refractivity contribution < 1.29 is 14.4 Å². The summed E-state index contributed by atoms with van der Waals surface area (Å²) in [5.41, 5.74) is 0. The number of carbonyl (C=O) groups is 3. The predicted octanol–water partition coefficient (Wildman–Crippen LogP) is 2.80. The largest absolute Gasteiger partial charge is 0.356 e. The Balaban J connectivity index is 1.73. The Morgan fingerprint density at radius 2 is 1.96 bits per heavy atom. The van der Waals surface area contributed by atoms with Crippen LogP contribution in [0.15, 0.2) is 17.5 Å². The Bertz CT molecular complexity index is 618. The van der Waals surface area contributed by atoms with Gasteiger partial charge < -0.3 is 15.5 Å². The first-order chi connectivity index (χ1) is 13.0. The van der Waals surface area contributed by atoms with Gasteiger partial charge in [-0.2, -0.15) is 0 Å². The van der Waals surface area contributed by atoms with Gasteiger partial charge in [0.1, 0.15) is 0 Å². The van der Waals surface area contributed by atoms with Gasteiger partial charge in [0, 0.05) is 32.1 Å². The van der Waals surface area contributed by atoms with Gasteiger partial charge in [0.2, 0.25) is 11.8 Å². The van der Waals surface area contributed by atoms with E-state index in [2.05, 4.69) is 17.6 Å². The van der Waals surface area contributed by atoms with Crippen LogP contribution in [0.3, 0.4) is 0 Å². The molecular formula is C20H31N3O3S. The molecule has 0 aliphatic carbocycles. The number of piperidine rings is 1. The second-order valence-electron chi connectivity index (χ2n) is 7.15. The highest BCUT2D eigenvalue weighted by Gasteiger charge is 2.32. The molecule has 2 unspecified atom stereocenters. The molecule has 7 heteroatoms. The van der Waals surface area contributed by atoms with Gasteiger partial charge in [-0.3, -0.25) is 14.4 Å².